The quantitative estimate of drug-likeness (QED) is 0.762. The molecule has 0 fully saturated rings. The van der Waals surface area contributed by atoms with Crippen LogP contribution in [-0.4, -0.2) is 50.5 Å². The third kappa shape index (κ3) is 3.94. The number of anilines is 1. The highest BCUT2D eigenvalue weighted by molar-refractivity contribution is 7.19. The fourth-order valence-corrected chi connectivity index (χ4v) is 4.26. The first-order valence-corrected chi connectivity index (χ1v) is 8.65. The van der Waals surface area contributed by atoms with Gasteiger partial charge < -0.3 is 14.4 Å². The lowest BCUT2D eigenvalue weighted by Gasteiger charge is -2.24. The van der Waals surface area contributed by atoms with E-state index in [-0.39, 0.29) is 12.4 Å². The lowest BCUT2D eigenvalue weighted by atomic mass is 9.97. The summed E-state index contributed by atoms with van der Waals surface area (Å²) in [6, 6.07) is 0. The number of hydrogen-bond acceptors (Lipinski definition) is 6. The summed E-state index contributed by atoms with van der Waals surface area (Å²) in [4.78, 5) is 14.0. The highest BCUT2D eigenvalue weighted by Gasteiger charge is 2.22. The maximum atomic E-state index is 5.26. The Bertz CT molecular complexity index is 627. The lowest BCUT2D eigenvalue weighted by molar-refractivity contribution is 0.190. The van der Waals surface area contributed by atoms with Crippen molar-refractivity contribution in [2.75, 3.05) is 45.4 Å². The molecule has 7 heteroatoms. The van der Waals surface area contributed by atoms with Crippen LogP contribution in [0.4, 0.5) is 5.82 Å². The van der Waals surface area contributed by atoms with E-state index in [0.717, 1.165) is 30.2 Å². The molecule has 0 saturated carbocycles. The summed E-state index contributed by atoms with van der Waals surface area (Å²) in [6.07, 6.45) is 6.58. The normalized spacial score (nSPS) is 13.7. The molecule has 2 aromatic rings. The van der Waals surface area contributed by atoms with Gasteiger partial charge in [-0.25, -0.2) is 9.97 Å². The van der Waals surface area contributed by atoms with E-state index >= 15 is 0 Å². The number of ether oxygens (including phenoxy) is 2. The Labute approximate surface area is 147 Å². The molecule has 3 rings (SSSR count). The van der Waals surface area contributed by atoms with E-state index in [1.807, 2.05) is 11.3 Å². The Morgan fingerprint density at radius 2 is 1.78 bits per heavy atom. The molecular formula is C16H24ClN3O2S. The summed E-state index contributed by atoms with van der Waals surface area (Å²) in [5, 5.41) is 1.26. The largest absolute Gasteiger partial charge is 0.383 e. The number of nitrogens with zero attached hydrogens (tertiary/aromatic N) is 3. The fourth-order valence-electron chi connectivity index (χ4n) is 3.04. The minimum atomic E-state index is 0. The van der Waals surface area contributed by atoms with Gasteiger partial charge in [0.2, 0.25) is 0 Å². The summed E-state index contributed by atoms with van der Waals surface area (Å²) in [7, 11) is 3.47. The Balaban J connectivity index is 0.00000192. The number of thiophene rings is 1. The molecule has 23 heavy (non-hydrogen) atoms. The van der Waals surface area contributed by atoms with Crippen molar-refractivity contribution in [2.45, 2.75) is 25.7 Å². The van der Waals surface area contributed by atoms with E-state index in [0.29, 0.717) is 13.2 Å². The number of aromatic nitrogens is 2. The molecule has 0 amide bonds. The van der Waals surface area contributed by atoms with Crippen molar-refractivity contribution in [3.8, 4) is 0 Å². The van der Waals surface area contributed by atoms with Crippen molar-refractivity contribution in [3.63, 3.8) is 0 Å². The van der Waals surface area contributed by atoms with Gasteiger partial charge >= 0.3 is 0 Å². The van der Waals surface area contributed by atoms with Crippen LogP contribution in [0.3, 0.4) is 0 Å². The van der Waals surface area contributed by atoms with Crippen molar-refractivity contribution in [3.05, 3.63) is 16.8 Å². The van der Waals surface area contributed by atoms with Gasteiger partial charge in [-0.15, -0.1) is 23.7 Å². The molecule has 0 aliphatic heterocycles. The van der Waals surface area contributed by atoms with Gasteiger partial charge in [0, 0.05) is 32.2 Å². The Morgan fingerprint density at radius 1 is 1.09 bits per heavy atom. The molecule has 0 saturated heterocycles. The molecule has 5 nitrogen and oxygen atoms in total. The maximum Gasteiger partial charge on any atom is 0.141 e. The molecule has 2 aromatic heterocycles. The average molecular weight is 358 g/mol. The first kappa shape index (κ1) is 18.4. The van der Waals surface area contributed by atoms with Crippen LogP contribution in [0.2, 0.25) is 0 Å². The van der Waals surface area contributed by atoms with Gasteiger partial charge in [-0.05, 0) is 31.2 Å². The number of rotatable bonds is 7. The van der Waals surface area contributed by atoms with E-state index in [1.165, 1.54) is 35.1 Å². The van der Waals surface area contributed by atoms with Crippen LogP contribution in [0.25, 0.3) is 10.2 Å². The summed E-state index contributed by atoms with van der Waals surface area (Å²) >= 11 is 1.84. The number of hydrogen-bond donors (Lipinski definition) is 0. The smallest absolute Gasteiger partial charge is 0.141 e. The minimum Gasteiger partial charge on any atom is -0.383 e. The molecule has 0 spiro atoms. The fraction of sp³-hybridized carbons (Fsp3) is 0.625. The van der Waals surface area contributed by atoms with Crippen LogP contribution in [0.1, 0.15) is 23.3 Å². The van der Waals surface area contributed by atoms with Crippen molar-refractivity contribution in [1.29, 1.82) is 0 Å². The molecule has 128 valence electrons. The molecule has 0 atom stereocenters. The lowest BCUT2D eigenvalue weighted by Crippen LogP contribution is -2.31. The monoisotopic (exact) mass is 357 g/mol. The zero-order valence-electron chi connectivity index (χ0n) is 13.7. The second kappa shape index (κ2) is 8.78. The average Bonchev–Trinajstić information content (AvgIpc) is 2.94. The van der Waals surface area contributed by atoms with Crippen LogP contribution in [0, 0.1) is 0 Å². The van der Waals surface area contributed by atoms with E-state index in [9.17, 15) is 0 Å². The summed E-state index contributed by atoms with van der Waals surface area (Å²) < 4.78 is 10.5. The van der Waals surface area contributed by atoms with E-state index < -0.39 is 0 Å². The zero-order valence-corrected chi connectivity index (χ0v) is 15.3. The van der Waals surface area contributed by atoms with Gasteiger partial charge in [0.1, 0.15) is 17.0 Å². The van der Waals surface area contributed by atoms with Crippen LogP contribution >= 0.6 is 23.7 Å². The number of methoxy groups -OCH3 is 2. The molecule has 0 aromatic carbocycles. The van der Waals surface area contributed by atoms with Crippen LogP contribution in [0.5, 0.6) is 0 Å². The highest BCUT2D eigenvalue weighted by atomic mass is 35.5. The van der Waals surface area contributed by atoms with Crippen LogP contribution in [-0.2, 0) is 22.3 Å². The van der Waals surface area contributed by atoms with Gasteiger partial charge in [-0.2, -0.15) is 0 Å². The van der Waals surface area contributed by atoms with Crippen molar-refractivity contribution < 1.29 is 9.47 Å². The highest BCUT2D eigenvalue weighted by Crippen LogP contribution is 2.39. The predicted molar refractivity (Wildman–Crippen MR) is 97.3 cm³/mol. The number of aryl methyl sites for hydroxylation is 2. The van der Waals surface area contributed by atoms with Gasteiger partial charge in [-0.1, -0.05) is 0 Å². The Morgan fingerprint density at radius 3 is 2.48 bits per heavy atom. The zero-order chi connectivity index (χ0) is 15.4. The third-order valence-corrected chi connectivity index (χ3v) is 5.36. The van der Waals surface area contributed by atoms with Crippen molar-refractivity contribution in [2.24, 2.45) is 0 Å². The molecule has 0 N–H and O–H groups in total. The third-order valence-electron chi connectivity index (χ3n) is 4.16. The summed E-state index contributed by atoms with van der Waals surface area (Å²) in [6.45, 7) is 3.00. The summed E-state index contributed by atoms with van der Waals surface area (Å²) in [5.74, 6) is 1.04. The first-order chi connectivity index (χ1) is 10.8. The van der Waals surface area contributed by atoms with E-state index in [1.54, 1.807) is 20.5 Å². The SMILES string of the molecule is COCCN(CCOC)c1ncnc2sc3c(c12)CCCC3.Cl. The van der Waals surface area contributed by atoms with Gasteiger partial charge in [0.05, 0.1) is 18.6 Å². The molecular weight excluding hydrogens is 334 g/mol. The number of fused-ring (bicyclic) bond motifs is 3. The van der Waals surface area contributed by atoms with Gasteiger partial charge in [0.25, 0.3) is 0 Å². The molecule has 0 unspecified atom stereocenters. The van der Waals surface area contributed by atoms with Crippen LogP contribution in [0.15, 0.2) is 6.33 Å². The standard InChI is InChI=1S/C16H23N3O2S.ClH/c1-20-9-7-19(8-10-21-2)15-14-12-5-3-4-6-13(12)22-16(14)18-11-17-15;/h11H,3-10H2,1-2H3;1H. The second-order valence-electron chi connectivity index (χ2n) is 5.56. The second-order valence-corrected chi connectivity index (χ2v) is 6.64. The molecule has 1 aliphatic carbocycles. The van der Waals surface area contributed by atoms with Crippen molar-refractivity contribution in [1.82, 2.24) is 9.97 Å². The first-order valence-electron chi connectivity index (χ1n) is 7.83. The van der Waals surface area contributed by atoms with Gasteiger partial charge in [-0.3, -0.25) is 0 Å². The van der Waals surface area contributed by atoms with Crippen LogP contribution < -0.4 is 4.90 Å². The molecule has 0 bridgehead atoms. The minimum absolute atomic E-state index is 0. The predicted octanol–water partition coefficient (Wildman–Crippen LogP) is 3.09. The molecule has 2 heterocycles. The maximum absolute atomic E-state index is 5.26. The van der Waals surface area contributed by atoms with E-state index in [2.05, 4.69) is 14.9 Å². The van der Waals surface area contributed by atoms with Gasteiger partial charge in [0.15, 0.2) is 0 Å². The Kier molecular flexibility index (Phi) is 7.02. The molecule has 0 radical (unpaired) electrons. The molecule has 1 aliphatic rings. The number of halogens is 1. The van der Waals surface area contributed by atoms with Crippen molar-refractivity contribution >= 4 is 39.8 Å². The Hall–Kier alpha value is -0.950. The topological polar surface area (TPSA) is 47.5 Å². The van der Waals surface area contributed by atoms with E-state index in [4.69, 9.17) is 9.47 Å². The summed E-state index contributed by atoms with van der Waals surface area (Å²) in [5.41, 5.74) is 1.47.